The van der Waals surface area contributed by atoms with Crippen LogP contribution in [-0.2, 0) is 6.18 Å². The van der Waals surface area contributed by atoms with Crippen molar-refractivity contribution >= 4 is 46.2 Å². The van der Waals surface area contributed by atoms with Gasteiger partial charge >= 0.3 is 6.18 Å². The van der Waals surface area contributed by atoms with Crippen molar-refractivity contribution in [1.82, 2.24) is 10.2 Å². The molecule has 0 spiro atoms. The topological polar surface area (TPSA) is 37.8 Å². The first-order valence-electron chi connectivity index (χ1n) is 5.10. The normalized spacial score (nSPS) is 11.5. The van der Waals surface area contributed by atoms with Gasteiger partial charge in [0.2, 0.25) is 0 Å². The van der Waals surface area contributed by atoms with Gasteiger partial charge in [0.1, 0.15) is 0 Å². The van der Waals surface area contributed by atoms with Gasteiger partial charge in [0.05, 0.1) is 22.0 Å². The van der Waals surface area contributed by atoms with Gasteiger partial charge in [-0.2, -0.15) is 13.2 Å². The molecule has 0 bridgehead atoms. The molecule has 1 N–H and O–H groups in total. The van der Waals surface area contributed by atoms with E-state index in [1.165, 1.54) is 6.07 Å². The summed E-state index contributed by atoms with van der Waals surface area (Å²) in [6.45, 7) is 0. The fourth-order valence-electron chi connectivity index (χ4n) is 1.38. The summed E-state index contributed by atoms with van der Waals surface area (Å²) in [4.78, 5) is 0. The molecule has 0 saturated carbocycles. The summed E-state index contributed by atoms with van der Waals surface area (Å²) in [5.74, 6) is 0. The molecular weight excluding hydrogens is 337 g/mol. The summed E-state index contributed by atoms with van der Waals surface area (Å²) in [7, 11) is 0. The monoisotopic (exact) mass is 341 g/mol. The first kappa shape index (κ1) is 15.2. The van der Waals surface area contributed by atoms with E-state index < -0.39 is 11.7 Å². The van der Waals surface area contributed by atoms with Gasteiger partial charge in [0.15, 0.2) is 10.3 Å². The Kier molecular flexibility index (Phi) is 4.27. The second-order valence-electron chi connectivity index (χ2n) is 3.69. The molecule has 20 heavy (non-hydrogen) atoms. The number of nitrogens with zero attached hydrogens (tertiary/aromatic N) is 2. The summed E-state index contributed by atoms with van der Waals surface area (Å²) < 4.78 is 37.9. The number of alkyl halides is 3. The fourth-order valence-corrected chi connectivity index (χ4v) is 1.83. The predicted molar refractivity (Wildman–Crippen MR) is 71.8 cm³/mol. The van der Waals surface area contributed by atoms with Gasteiger partial charge in [-0.3, -0.25) is 0 Å². The Labute approximate surface area is 126 Å². The molecule has 0 aliphatic carbocycles. The Morgan fingerprint density at radius 3 is 2.30 bits per heavy atom. The molecule has 0 aliphatic heterocycles. The molecule has 3 nitrogen and oxygen atoms in total. The smallest absolute Gasteiger partial charge is 0.352 e. The fraction of sp³-hybridized carbons (Fsp3) is 0.0909. The molecule has 1 aromatic heterocycles. The maximum Gasteiger partial charge on any atom is 0.416 e. The molecule has 0 unspecified atom stereocenters. The molecule has 0 aliphatic rings. The maximum atomic E-state index is 12.6. The van der Waals surface area contributed by atoms with Crippen molar-refractivity contribution in [3.05, 3.63) is 45.2 Å². The van der Waals surface area contributed by atoms with E-state index in [1.807, 2.05) is 0 Å². The summed E-state index contributed by atoms with van der Waals surface area (Å²) in [6, 6.07) is 4.21. The van der Waals surface area contributed by atoms with E-state index in [2.05, 4.69) is 15.5 Å². The lowest BCUT2D eigenvalue weighted by molar-refractivity contribution is -0.137. The van der Waals surface area contributed by atoms with Gasteiger partial charge in [-0.15, -0.1) is 10.2 Å². The highest BCUT2D eigenvalue weighted by Gasteiger charge is 2.31. The molecule has 9 heteroatoms. The van der Waals surface area contributed by atoms with Crippen molar-refractivity contribution in [3.63, 3.8) is 0 Å². The van der Waals surface area contributed by atoms with Crippen molar-refractivity contribution in [3.8, 4) is 0 Å². The number of nitrogens with one attached hydrogen (secondary N) is 1. The summed E-state index contributed by atoms with van der Waals surface area (Å²) in [5, 5.41) is 9.77. The zero-order chi connectivity index (χ0) is 14.9. The molecule has 0 amide bonds. The number of hydrogen-bond donors (Lipinski definition) is 1. The average Bonchev–Trinajstić information content (AvgIpc) is 2.35. The third-order valence-electron chi connectivity index (χ3n) is 2.28. The van der Waals surface area contributed by atoms with Crippen molar-refractivity contribution in [2.24, 2.45) is 0 Å². The second kappa shape index (κ2) is 5.63. The SMILES string of the molecule is FC(F)(F)c1ccc(Cl)c(Nc2cc(Cl)nnc2Cl)c1. The molecule has 0 fully saturated rings. The Balaban J connectivity index is 2.40. The summed E-state index contributed by atoms with van der Waals surface area (Å²) >= 11 is 17.3. The second-order valence-corrected chi connectivity index (χ2v) is 4.84. The van der Waals surface area contributed by atoms with Crippen LogP contribution in [0.4, 0.5) is 24.5 Å². The van der Waals surface area contributed by atoms with E-state index in [0.29, 0.717) is 0 Å². The van der Waals surface area contributed by atoms with E-state index in [0.717, 1.165) is 18.2 Å². The zero-order valence-corrected chi connectivity index (χ0v) is 11.7. The van der Waals surface area contributed by atoms with Gasteiger partial charge in [-0.05, 0) is 18.2 Å². The van der Waals surface area contributed by atoms with E-state index >= 15 is 0 Å². The van der Waals surface area contributed by atoms with Gasteiger partial charge in [0, 0.05) is 6.07 Å². The average molecular weight is 343 g/mol. The van der Waals surface area contributed by atoms with E-state index in [1.54, 1.807) is 0 Å². The first-order chi connectivity index (χ1) is 9.27. The minimum atomic E-state index is -4.47. The van der Waals surface area contributed by atoms with Crippen molar-refractivity contribution < 1.29 is 13.2 Å². The Hall–Kier alpha value is -1.24. The molecule has 2 rings (SSSR count). The number of benzene rings is 1. The Bertz CT molecular complexity index is 647. The van der Waals surface area contributed by atoms with Crippen LogP contribution in [0.2, 0.25) is 15.3 Å². The molecule has 1 aromatic carbocycles. The van der Waals surface area contributed by atoms with Crippen LogP contribution in [0.15, 0.2) is 24.3 Å². The van der Waals surface area contributed by atoms with Crippen LogP contribution in [0.25, 0.3) is 0 Å². The van der Waals surface area contributed by atoms with Gasteiger partial charge in [0.25, 0.3) is 0 Å². The van der Waals surface area contributed by atoms with Crippen LogP contribution < -0.4 is 5.32 Å². The minimum absolute atomic E-state index is 0.0347. The van der Waals surface area contributed by atoms with Gasteiger partial charge in [-0.25, -0.2) is 0 Å². The van der Waals surface area contributed by atoms with Gasteiger partial charge in [-0.1, -0.05) is 34.8 Å². The molecule has 0 radical (unpaired) electrons. The van der Waals surface area contributed by atoms with E-state index in [-0.39, 0.29) is 26.7 Å². The molecule has 1 heterocycles. The maximum absolute atomic E-state index is 12.6. The zero-order valence-electron chi connectivity index (χ0n) is 9.47. The first-order valence-corrected chi connectivity index (χ1v) is 6.23. The predicted octanol–water partition coefficient (Wildman–Crippen LogP) is 5.20. The van der Waals surface area contributed by atoms with Crippen LogP contribution in [-0.4, -0.2) is 10.2 Å². The molecule has 106 valence electrons. The molecule has 2 aromatic rings. The third-order valence-corrected chi connectivity index (χ3v) is 3.08. The molecule has 0 saturated heterocycles. The van der Waals surface area contributed by atoms with E-state index in [4.69, 9.17) is 34.8 Å². The quantitative estimate of drug-likeness (QED) is 0.815. The van der Waals surface area contributed by atoms with Crippen molar-refractivity contribution in [1.29, 1.82) is 0 Å². The van der Waals surface area contributed by atoms with Crippen molar-refractivity contribution in [2.75, 3.05) is 5.32 Å². The lowest BCUT2D eigenvalue weighted by Gasteiger charge is -2.12. The third kappa shape index (κ3) is 3.45. The number of halogens is 6. The largest absolute Gasteiger partial charge is 0.416 e. The highest BCUT2D eigenvalue weighted by atomic mass is 35.5. The van der Waals surface area contributed by atoms with Crippen LogP contribution in [0.3, 0.4) is 0 Å². The number of anilines is 2. The van der Waals surface area contributed by atoms with Crippen LogP contribution >= 0.6 is 34.8 Å². The Morgan fingerprint density at radius 1 is 0.950 bits per heavy atom. The lowest BCUT2D eigenvalue weighted by atomic mass is 10.2. The highest BCUT2D eigenvalue weighted by Crippen LogP contribution is 2.35. The number of aromatic nitrogens is 2. The van der Waals surface area contributed by atoms with Gasteiger partial charge < -0.3 is 5.32 Å². The van der Waals surface area contributed by atoms with Crippen LogP contribution in [0, 0.1) is 0 Å². The van der Waals surface area contributed by atoms with Crippen LogP contribution in [0.5, 0.6) is 0 Å². The summed E-state index contributed by atoms with van der Waals surface area (Å²) in [5.41, 5.74) is -0.603. The Morgan fingerprint density at radius 2 is 1.65 bits per heavy atom. The number of rotatable bonds is 2. The standard InChI is InChI=1S/C11H5Cl3F3N3/c12-6-2-1-5(11(15,16)17)3-7(6)18-8-4-9(13)19-20-10(8)14/h1-4H,(H,18,19). The highest BCUT2D eigenvalue weighted by molar-refractivity contribution is 6.35. The minimum Gasteiger partial charge on any atom is -0.352 e. The van der Waals surface area contributed by atoms with E-state index in [9.17, 15) is 13.2 Å². The number of hydrogen-bond acceptors (Lipinski definition) is 3. The lowest BCUT2D eigenvalue weighted by Crippen LogP contribution is -2.05. The van der Waals surface area contributed by atoms with Crippen LogP contribution in [0.1, 0.15) is 5.56 Å². The van der Waals surface area contributed by atoms with Crippen molar-refractivity contribution in [2.45, 2.75) is 6.18 Å². The molecule has 0 atom stereocenters. The molecular formula is C11H5Cl3F3N3. The summed E-state index contributed by atoms with van der Waals surface area (Å²) in [6.07, 6.45) is -4.47.